The molecule has 3 aromatic carbocycles. The van der Waals surface area contributed by atoms with Gasteiger partial charge in [0.25, 0.3) is 5.91 Å². The van der Waals surface area contributed by atoms with Gasteiger partial charge in [0.15, 0.2) is 5.69 Å². The average Bonchev–Trinajstić information content (AvgIpc) is 3.11. The SMILES string of the molecule is CCc1ccc(-n2ccc(=Nc3ccc(S(=O)(=O)N4C[C@@H](C)O[C@H](C)C4)cc3)c(C(=O)Nc3ccc(S(=O)(=O)N4C[C@@H](C)O[C@@H](C)C4)cc3)n2)cc1. The number of anilines is 1. The Bertz CT molecular complexity index is 2170. The Kier molecular flexibility index (Phi) is 11.1. The topological polar surface area (TPSA) is 152 Å². The second-order valence-electron chi connectivity index (χ2n) is 13.3. The van der Waals surface area contributed by atoms with E-state index in [-0.39, 0.29) is 71.4 Å². The Morgan fingerprint density at radius 3 is 1.69 bits per heavy atom. The number of sulfonamides is 2. The number of rotatable bonds is 9. The molecule has 1 aromatic heterocycles. The van der Waals surface area contributed by atoms with Crippen LogP contribution in [0.15, 0.2) is 99.8 Å². The minimum Gasteiger partial charge on any atom is -0.373 e. The van der Waals surface area contributed by atoms with Crippen molar-refractivity contribution < 1.29 is 31.1 Å². The highest BCUT2D eigenvalue weighted by molar-refractivity contribution is 7.89. The molecule has 4 atom stereocenters. The van der Waals surface area contributed by atoms with E-state index in [1.165, 1.54) is 45.0 Å². The minimum absolute atomic E-state index is 0.00282. The van der Waals surface area contributed by atoms with Crippen molar-refractivity contribution in [2.24, 2.45) is 4.99 Å². The van der Waals surface area contributed by atoms with Crippen LogP contribution in [-0.2, 0) is 35.9 Å². The van der Waals surface area contributed by atoms with E-state index in [1.807, 2.05) is 52.0 Å². The lowest BCUT2D eigenvalue weighted by atomic mass is 10.1. The Morgan fingerprint density at radius 1 is 0.731 bits per heavy atom. The molecule has 2 fully saturated rings. The Hall–Kier alpha value is -4.25. The summed E-state index contributed by atoms with van der Waals surface area (Å²) in [4.78, 5) is 18.8. The summed E-state index contributed by atoms with van der Waals surface area (Å²) in [6.07, 6.45) is 1.68. The number of aromatic nitrogens is 2. The van der Waals surface area contributed by atoms with Crippen molar-refractivity contribution in [3.05, 3.63) is 102 Å². The fourth-order valence-electron chi connectivity index (χ4n) is 6.38. The normalized spacial score (nSPS) is 22.3. The van der Waals surface area contributed by atoms with Crippen LogP contribution in [0.2, 0.25) is 0 Å². The highest BCUT2D eigenvalue weighted by Crippen LogP contribution is 2.25. The minimum atomic E-state index is -3.77. The Morgan fingerprint density at radius 2 is 1.21 bits per heavy atom. The Balaban J connectivity index is 1.29. The number of nitrogens with one attached hydrogen (secondary N) is 1. The highest BCUT2D eigenvalue weighted by atomic mass is 32.2. The van der Waals surface area contributed by atoms with E-state index in [9.17, 15) is 21.6 Å². The van der Waals surface area contributed by atoms with Gasteiger partial charge in [-0.25, -0.2) is 26.5 Å². The molecule has 0 spiro atoms. The summed E-state index contributed by atoms with van der Waals surface area (Å²) >= 11 is 0. The van der Waals surface area contributed by atoms with E-state index in [0.29, 0.717) is 11.4 Å². The van der Waals surface area contributed by atoms with E-state index < -0.39 is 26.0 Å². The van der Waals surface area contributed by atoms with Gasteiger partial charge in [0.2, 0.25) is 20.0 Å². The molecule has 1 N–H and O–H groups in total. The molecule has 276 valence electrons. The summed E-state index contributed by atoms with van der Waals surface area (Å²) < 4.78 is 69.3. The third-order valence-corrected chi connectivity index (χ3v) is 12.6. The van der Waals surface area contributed by atoms with Crippen LogP contribution in [0, 0.1) is 0 Å². The van der Waals surface area contributed by atoms with Gasteiger partial charge in [0.1, 0.15) is 0 Å². The third-order valence-electron chi connectivity index (χ3n) is 8.89. The largest absolute Gasteiger partial charge is 0.373 e. The summed E-state index contributed by atoms with van der Waals surface area (Å²) in [6, 6.07) is 21.6. The molecule has 2 aliphatic rings. The quantitative estimate of drug-likeness (QED) is 0.263. The second-order valence-corrected chi connectivity index (χ2v) is 17.1. The maximum atomic E-state index is 13.8. The molecule has 0 unspecified atom stereocenters. The van der Waals surface area contributed by atoms with Crippen molar-refractivity contribution in [1.29, 1.82) is 0 Å². The maximum Gasteiger partial charge on any atom is 0.278 e. The van der Waals surface area contributed by atoms with Crippen LogP contribution >= 0.6 is 0 Å². The van der Waals surface area contributed by atoms with Gasteiger partial charge < -0.3 is 14.8 Å². The molecule has 0 saturated carbocycles. The maximum absolute atomic E-state index is 13.8. The molecule has 15 heteroatoms. The molecule has 52 heavy (non-hydrogen) atoms. The summed E-state index contributed by atoms with van der Waals surface area (Å²) in [7, 11) is -7.52. The molecule has 3 heterocycles. The van der Waals surface area contributed by atoms with E-state index in [1.54, 1.807) is 29.1 Å². The zero-order valence-corrected chi connectivity index (χ0v) is 31.5. The first-order valence-electron chi connectivity index (χ1n) is 17.3. The van der Waals surface area contributed by atoms with Crippen LogP contribution in [0.25, 0.3) is 5.69 Å². The first-order valence-corrected chi connectivity index (χ1v) is 20.2. The number of morpholine rings is 2. The second kappa shape index (κ2) is 15.4. The molecule has 0 bridgehead atoms. The van der Waals surface area contributed by atoms with Gasteiger partial charge in [0, 0.05) is 38.1 Å². The lowest BCUT2D eigenvalue weighted by molar-refractivity contribution is -0.0442. The Labute approximate surface area is 305 Å². The lowest BCUT2D eigenvalue weighted by Gasteiger charge is -2.34. The summed E-state index contributed by atoms with van der Waals surface area (Å²) in [5.74, 6) is -0.570. The van der Waals surface area contributed by atoms with Gasteiger partial charge in [0.05, 0.1) is 50.9 Å². The van der Waals surface area contributed by atoms with Crippen LogP contribution in [0.5, 0.6) is 0 Å². The molecule has 2 aliphatic heterocycles. The predicted molar refractivity (Wildman–Crippen MR) is 197 cm³/mol. The van der Waals surface area contributed by atoms with Crippen molar-refractivity contribution in [2.45, 2.75) is 75.2 Å². The molecular formula is C37H44N6O7S2. The van der Waals surface area contributed by atoms with Crippen molar-refractivity contribution in [3.8, 4) is 5.69 Å². The monoisotopic (exact) mass is 748 g/mol. The number of ether oxygens (including phenoxy) is 2. The molecular weight excluding hydrogens is 705 g/mol. The van der Waals surface area contributed by atoms with E-state index in [0.717, 1.165) is 17.7 Å². The number of nitrogens with zero attached hydrogens (tertiary/aromatic N) is 5. The van der Waals surface area contributed by atoms with Crippen molar-refractivity contribution in [1.82, 2.24) is 18.4 Å². The first-order chi connectivity index (χ1) is 24.7. The number of amides is 1. The number of aryl methyl sites for hydroxylation is 1. The summed E-state index contributed by atoms with van der Waals surface area (Å²) in [5.41, 5.74) is 2.68. The van der Waals surface area contributed by atoms with Gasteiger partial charge in [-0.15, -0.1) is 0 Å². The number of carbonyl (C=O) groups excluding carboxylic acids is 1. The fourth-order valence-corrected chi connectivity index (χ4v) is 9.56. The number of carbonyl (C=O) groups is 1. The zero-order chi connectivity index (χ0) is 37.2. The molecule has 0 radical (unpaired) electrons. The zero-order valence-electron chi connectivity index (χ0n) is 29.8. The molecule has 0 aliphatic carbocycles. The summed E-state index contributed by atoms with van der Waals surface area (Å²) in [5, 5.41) is 7.72. The average molecular weight is 749 g/mol. The van der Waals surface area contributed by atoms with Crippen LogP contribution in [0.1, 0.15) is 50.7 Å². The number of hydrogen-bond donors (Lipinski definition) is 1. The van der Waals surface area contributed by atoms with E-state index in [2.05, 4.69) is 22.3 Å². The van der Waals surface area contributed by atoms with Gasteiger partial charge >= 0.3 is 0 Å². The molecule has 2 saturated heterocycles. The van der Waals surface area contributed by atoms with Crippen LogP contribution in [0.3, 0.4) is 0 Å². The standard InChI is InChI=1S/C37H44N6O7S2/c1-6-29-7-13-32(14-8-29)43-20-19-35(38-30-9-15-33(16-10-30)51(45,46)41-21-25(2)49-26(3)22-41)36(40-43)37(44)39-31-11-17-34(18-12-31)52(47,48)42-23-27(4)50-28(5)24-42/h7-20,25-28H,6,21-24H2,1-5H3,(H,39,44)/t25-,26-,27-,28+/m1/s1. The van der Waals surface area contributed by atoms with Crippen LogP contribution in [0.4, 0.5) is 11.4 Å². The lowest BCUT2D eigenvalue weighted by Crippen LogP contribution is -2.48. The fraction of sp³-hybridized carbons (Fsp3) is 0.378. The van der Waals surface area contributed by atoms with Gasteiger partial charge in [-0.3, -0.25) is 4.79 Å². The van der Waals surface area contributed by atoms with Crippen molar-refractivity contribution >= 4 is 37.3 Å². The molecule has 13 nitrogen and oxygen atoms in total. The van der Waals surface area contributed by atoms with Crippen molar-refractivity contribution in [3.63, 3.8) is 0 Å². The molecule has 1 amide bonds. The van der Waals surface area contributed by atoms with Gasteiger partial charge in [-0.2, -0.15) is 13.7 Å². The van der Waals surface area contributed by atoms with Gasteiger partial charge in [-0.1, -0.05) is 19.1 Å². The molecule has 4 aromatic rings. The van der Waals surface area contributed by atoms with Gasteiger partial charge in [-0.05, 0) is 106 Å². The first kappa shape index (κ1) is 37.5. The van der Waals surface area contributed by atoms with E-state index in [4.69, 9.17) is 9.47 Å². The highest BCUT2D eigenvalue weighted by Gasteiger charge is 2.33. The van der Waals surface area contributed by atoms with Crippen LogP contribution < -0.4 is 10.7 Å². The smallest absolute Gasteiger partial charge is 0.278 e. The summed E-state index contributed by atoms with van der Waals surface area (Å²) in [6.45, 7) is 10.5. The number of benzene rings is 3. The molecule has 6 rings (SSSR count). The van der Waals surface area contributed by atoms with Crippen LogP contribution in [-0.4, -0.2) is 91.7 Å². The predicted octanol–water partition coefficient (Wildman–Crippen LogP) is 4.52. The number of hydrogen-bond acceptors (Lipinski definition) is 9. The van der Waals surface area contributed by atoms with E-state index >= 15 is 0 Å². The van der Waals surface area contributed by atoms with Crippen molar-refractivity contribution in [2.75, 3.05) is 31.5 Å². The third kappa shape index (κ3) is 8.35.